The van der Waals surface area contributed by atoms with E-state index < -0.39 is 12.0 Å². The van der Waals surface area contributed by atoms with Crippen molar-refractivity contribution in [1.29, 1.82) is 0 Å². The van der Waals surface area contributed by atoms with E-state index in [-0.39, 0.29) is 17.8 Å². The molecule has 0 saturated carbocycles. The van der Waals surface area contributed by atoms with Crippen LogP contribution in [0.25, 0.3) is 11.0 Å². The molecule has 1 atom stereocenters. The van der Waals surface area contributed by atoms with Crippen LogP contribution in [0.1, 0.15) is 29.8 Å². The summed E-state index contributed by atoms with van der Waals surface area (Å²) in [7, 11) is 0. The first-order chi connectivity index (χ1) is 17.6. The van der Waals surface area contributed by atoms with Crippen LogP contribution in [0.3, 0.4) is 0 Å². The summed E-state index contributed by atoms with van der Waals surface area (Å²) in [6.07, 6.45) is -0.0558. The van der Waals surface area contributed by atoms with Crippen molar-refractivity contribution in [1.82, 2.24) is 15.3 Å². The minimum absolute atomic E-state index is 0.0704. The molecule has 0 saturated heterocycles. The molecule has 3 aromatic carbocycles. The van der Waals surface area contributed by atoms with Gasteiger partial charge in [0.05, 0.1) is 10.5 Å². The van der Waals surface area contributed by atoms with Crippen molar-refractivity contribution in [3.8, 4) is 17.2 Å². The van der Waals surface area contributed by atoms with Gasteiger partial charge < -0.3 is 35.6 Å². The molecule has 1 heterocycles. The number of aromatic nitrogens is 2. The number of amides is 1. The van der Waals surface area contributed by atoms with Crippen LogP contribution in [0.2, 0.25) is 5.02 Å². The molecule has 0 spiro atoms. The second-order valence-corrected chi connectivity index (χ2v) is 9.83. The van der Waals surface area contributed by atoms with Gasteiger partial charge in [0, 0.05) is 17.6 Å². The van der Waals surface area contributed by atoms with Gasteiger partial charge in [-0.25, -0.2) is 4.79 Å². The van der Waals surface area contributed by atoms with Crippen LogP contribution in [0.15, 0.2) is 65.5 Å². The molecule has 0 bridgehead atoms. The summed E-state index contributed by atoms with van der Waals surface area (Å²) >= 11 is 6.18. The number of imidazole rings is 1. The topological polar surface area (TPSA) is 142 Å². The first-order valence-corrected chi connectivity index (χ1v) is 12.1. The van der Waals surface area contributed by atoms with Crippen LogP contribution >= 0.6 is 11.6 Å². The number of halogens is 1. The number of H-pyrrole nitrogens is 2. The summed E-state index contributed by atoms with van der Waals surface area (Å²) in [6, 6.07) is 17.5. The van der Waals surface area contributed by atoms with Crippen LogP contribution in [-0.2, 0) is 6.42 Å². The number of fused-ring (bicyclic) bond motifs is 1. The van der Waals surface area contributed by atoms with Gasteiger partial charge in [-0.1, -0.05) is 29.8 Å². The highest BCUT2D eigenvalue weighted by molar-refractivity contribution is 6.32. The number of hydrogen-bond acceptors (Lipinski definition) is 6. The van der Waals surface area contributed by atoms with Gasteiger partial charge in [0.25, 0.3) is 0 Å². The number of nitrogens with two attached hydrogens (primary N) is 1. The first-order valence-electron chi connectivity index (χ1n) is 11.7. The van der Waals surface area contributed by atoms with Crippen molar-refractivity contribution < 1.29 is 19.4 Å². The van der Waals surface area contributed by atoms with Crippen molar-refractivity contribution in [2.45, 2.75) is 31.9 Å². The molecule has 4 aromatic rings. The molecule has 4 rings (SSSR count). The highest BCUT2D eigenvalue weighted by atomic mass is 35.5. The zero-order valence-electron chi connectivity index (χ0n) is 20.5. The Morgan fingerprint density at radius 3 is 2.59 bits per heavy atom. The van der Waals surface area contributed by atoms with Gasteiger partial charge in [0.1, 0.15) is 35.5 Å². The van der Waals surface area contributed by atoms with Gasteiger partial charge in [0.2, 0.25) is 5.91 Å². The summed E-state index contributed by atoms with van der Waals surface area (Å²) in [6.45, 7) is 4.49. The Morgan fingerprint density at radius 2 is 1.86 bits per heavy atom. The van der Waals surface area contributed by atoms with Crippen LogP contribution in [0.4, 0.5) is 0 Å². The molecule has 10 heteroatoms. The number of para-hydroxylation sites is 1. The second-order valence-electron chi connectivity index (χ2n) is 9.42. The Bertz CT molecular complexity index is 1450. The molecular weight excluding hydrogens is 496 g/mol. The third kappa shape index (κ3) is 6.91. The van der Waals surface area contributed by atoms with E-state index in [9.17, 15) is 14.7 Å². The van der Waals surface area contributed by atoms with E-state index in [4.69, 9.17) is 26.8 Å². The van der Waals surface area contributed by atoms with E-state index in [2.05, 4.69) is 15.3 Å². The molecule has 0 aliphatic carbocycles. The Morgan fingerprint density at radius 1 is 1.11 bits per heavy atom. The van der Waals surface area contributed by atoms with Crippen LogP contribution in [-0.4, -0.2) is 45.8 Å². The molecule has 1 amide bonds. The fourth-order valence-electron chi connectivity index (χ4n) is 3.90. The van der Waals surface area contributed by atoms with Gasteiger partial charge >= 0.3 is 5.69 Å². The largest absolute Gasteiger partial charge is 0.489 e. The molecule has 0 radical (unpaired) electrons. The SMILES string of the molecule is CC(C)(Cc1ccc(Oc2cc(C(N)=O)ccc2Cl)cc1)NC[C@H](O)COc1cccc2[nH]c(=O)[nH]c12. The minimum atomic E-state index is -0.753. The molecule has 9 nitrogen and oxygen atoms in total. The summed E-state index contributed by atoms with van der Waals surface area (Å²) in [5, 5.41) is 14.2. The number of benzene rings is 3. The maximum Gasteiger partial charge on any atom is 0.323 e. The summed E-state index contributed by atoms with van der Waals surface area (Å²) in [4.78, 5) is 28.3. The molecule has 194 valence electrons. The lowest BCUT2D eigenvalue weighted by Crippen LogP contribution is -2.46. The Kier molecular flexibility index (Phi) is 7.87. The summed E-state index contributed by atoms with van der Waals surface area (Å²) < 4.78 is 11.6. The average molecular weight is 525 g/mol. The maximum atomic E-state index is 11.5. The molecule has 0 aliphatic heterocycles. The van der Waals surface area contributed by atoms with Gasteiger partial charge in [-0.15, -0.1) is 0 Å². The summed E-state index contributed by atoms with van der Waals surface area (Å²) in [5.74, 6) is 0.865. The number of nitrogens with one attached hydrogen (secondary N) is 3. The zero-order valence-corrected chi connectivity index (χ0v) is 21.3. The smallest absolute Gasteiger partial charge is 0.323 e. The summed E-state index contributed by atoms with van der Waals surface area (Å²) in [5.41, 5.74) is 7.31. The van der Waals surface area contributed by atoms with Crippen LogP contribution in [0.5, 0.6) is 17.2 Å². The predicted octanol–water partition coefficient (Wildman–Crippen LogP) is 3.75. The predicted molar refractivity (Wildman–Crippen MR) is 143 cm³/mol. The van der Waals surface area contributed by atoms with Crippen molar-refractivity contribution >= 4 is 28.5 Å². The lowest BCUT2D eigenvalue weighted by molar-refractivity contribution is 0.0994. The molecule has 0 unspecified atom stereocenters. The highest BCUT2D eigenvalue weighted by Gasteiger charge is 2.20. The fraction of sp³-hybridized carbons (Fsp3) is 0.259. The number of aromatic amines is 2. The fourth-order valence-corrected chi connectivity index (χ4v) is 4.06. The zero-order chi connectivity index (χ0) is 26.6. The maximum absolute atomic E-state index is 11.5. The Balaban J connectivity index is 1.29. The number of ether oxygens (including phenoxy) is 2. The number of primary amides is 1. The number of aliphatic hydroxyl groups excluding tert-OH is 1. The van der Waals surface area contributed by atoms with E-state index in [0.29, 0.717) is 51.8 Å². The van der Waals surface area contributed by atoms with Crippen LogP contribution < -0.4 is 26.2 Å². The van der Waals surface area contributed by atoms with Crippen molar-refractivity contribution in [2.24, 2.45) is 5.73 Å². The first kappa shape index (κ1) is 26.3. The Hall–Kier alpha value is -3.79. The van der Waals surface area contributed by atoms with Crippen molar-refractivity contribution in [2.75, 3.05) is 13.2 Å². The molecular formula is C27H29ClN4O5. The van der Waals surface area contributed by atoms with Crippen LogP contribution in [0, 0.1) is 0 Å². The van der Waals surface area contributed by atoms with Gasteiger partial charge in [-0.3, -0.25) is 4.79 Å². The lowest BCUT2D eigenvalue weighted by Gasteiger charge is -2.28. The quantitative estimate of drug-likeness (QED) is 0.202. The van der Waals surface area contributed by atoms with E-state index in [1.165, 1.54) is 6.07 Å². The van der Waals surface area contributed by atoms with Gasteiger partial charge in [-0.2, -0.15) is 0 Å². The van der Waals surface area contributed by atoms with Gasteiger partial charge in [0.15, 0.2) is 0 Å². The molecule has 1 aromatic heterocycles. The lowest BCUT2D eigenvalue weighted by atomic mass is 9.94. The molecule has 0 aliphatic rings. The third-order valence-corrected chi connectivity index (χ3v) is 6.09. The molecule has 6 N–H and O–H groups in total. The van der Waals surface area contributed by atoms with Crippen molar-refractivity contribution in [3.05, 3.63) is 87.3 Å². The van der Waals surface area contributed by atoms with E-state index in [0.717, 1.165) is 5.56 Å². The number of rotatable bonds is 11. The molecule has 37 heavy (non-hydrogen) atoms. The highest BCUT2D eigenvalue weighted by Crippen LogP contribution is 2.30. The Labute approximate surface area is 218 Å². The third-order valence-electron chi connectivity index (χ3n) is 5.77. The van der Waals surface area contributed by atoms with E-state index in [1.54, 1.807) is 30.3 Å². The normalized spacial score (nSPS) is 12.4. The van der Waals surface area contributed by atoms with E-state index >= 15 is 0 Å². The molecule has 0 fully saturated rings. The minimum Gasteiger partial charge on any atom is -0.489 e. The van der Waals surface area contributed by atoms with Gasteiger partial charge in [-0.05, 0) is 68.3 Å². The average Bonchev–Trinajstić information content (AvgIpc) is 3.24. The van der Waals surface area contributed by atoms with E-state index in [1.807, 2.05) is 38.1 Å². The monoisotopic (exact) mass is 524 g/mol. The second kappa shape index (κ2) is 11.1. The number of β-amino-alcohol motifs (C(OH)–C–C–N with tert-alkyl or cyclic N) is 1. The number of carbonyl (C=O) groups excluding carboxylic acids is 1. The number of hydrogen-bond donors (Lipinski definition) is 5. The van der Waals surface area contributed by atoms with Crippen molar-refractivity contribution in [3.63, 3.8) is 0 Å². The standard InChI is InChI=1S/C27H29ClN4O5/c1-27(2,30-14-18(33)15-36-22-5-3-4-21-24(22)32-26(35)31-21)13-16-6-9-19(10-7-16)37-23-12-17(25(29)34)8-11-20(23)28/h3-12,18,30,33H,13-15H2,1-2H3,(H2,29,34)(H2,31,32,35)/t18-/m0/s1. The number of carbonyl (C=O) groups is 1. The number of aliphatic hydroxyl groups is 1.